The fraction of sp³-hybridized carbons (Fsp3) is 0.400. The van der Waals surface area contributed by atoms with Crippen LogP contribution in [0.25, 0.3) is 0 Å². The fourth-order valence-corrected chi connectivity index (χ4v) is 1.83. The number of ether oxygens (including phenoxy) is 1. The van der Waals surface area contributed by atoms with Gasteiger partial charge in [0.25, 0.3) is 0 Å². The van der Waals surface area contributed by atoms with E-state index in [1.54, 1.807) is 0 Å². The van der Waals surface area contributed by atoms with Gasteiger partial charge in [-0.25, -0.2) is 0 Å². The van der Waals surface area contributed by atoms with Crippen molar-refractivity contribution in [1.82, 2.24) is 4.90 Å². The third kappa shape index (κ3) is 7.18. The van der Waals surface area contributed by atoms with Crippen LogP contribution in [0.5, 0.6) is 5.75 Å². The topological polar surface area (TPSA) is 77.1 Å². The Morgan fingerprint density at radius 1 is 1.09 bits per heavy atom. The van der Waals surface area contributed by atoms with Gasteiger partial charge in [-0.2, -0.15) is 10.5 Å². The Hall–Kier alpha value is -2.74. The average Bonchev–Trinajstić information content (AvgIpc) is 2.48. The molecule has 1 rings (SSSR count). The van der Waals surface area contributed by atoms with E-state index in [9.17, 15) is 18.0 Å². The van der Waals surface area contributed by atoms with Gasteiger partial charge >= 0.3 is 6.36 Å². The van der Waals surface area contributed by atoms with Crippen LogP contribution in [0, 0.1) is 22.7 Å². The number of hydrogen-bond acceptors (Lipinski definition) is 4. The van der Waals surface area contributed by atoms with Crippen LogP contribution in [0.4, 0.5) is 13.2 Å². The van der Waals surface area contributed by atoms with Crippen LogP contribution in [-0.4, -0.2) is 30.3 Å². The summed E-state index contributed by atoms with van der Waals surface area (Å²) < 4.78 is 39.9. The highest BCUT2D eigenvalue weighted by Gasteiger charge is 2.31. The first-order valence-corrected chi connectivity index (χ1v) is 6.72. The zero-order valence-corrected chi connectivity index (χ0v) is 12.1. The standard InChI is InChI=1S/C15H14F3N3O2/c16-15(17,18)23-13-5-3-12(4-6-13)11-14(22)21(9-1-7-19)10-2-8-20/h3-6H,1-2,9-11H2. The minimum absolute atomic E-state index is 0.0246. The Morgan fingerprint density at radius 3 is 2.04 bits per heavy atom. The summed E-state index contributed by atoms with van der Waals surface area (Å²) in [5.41, 5.74) is 0.517. The lowest BCUT2D eigenvalue weighted by atomic mass is 10.1. The number of carbonyl (C=O) groups is 1. The number of alkyl halides is 3. The van der Waals surface area contributed by atoms with E-state index in [1.807, 2.05) is 12.1 Å². The third-order valence-electron chi connectivity index (χ3n) is 2.85. The van der Waals surface area contributed by atoms with E-state index in [1.165, 1.54) is 17.0 Å². The molecule has 1 amide bonds. The maximum Gasteiger partial charge on any atom is 0.573 e. The molecule has 0 fully saturated rings. The molecule has 8 heteroatoms. The summed E-state index contributed by atoms with van der Waals surface area (Å²) in [7, 11) is 0. The Balaban J connectivity index is 2.67. The van der Waals surface area contributed by atoms with Crippen molar-refractivity contribution < 1.29 is 22.7 Å². The quantitative estimate of drug-likeness (QED) is 0.772. The largest absolute Gasteiger partial charge is 0.573 e. The van der Waals surface area contributed by atoms with Crippen molar-refractivity contribution in [2.45, 2.75) is 25.6 Å². The average molecular weight is 325 g/mol. The number of halogens is 3. The molecular weight excluding hydrogens is 311 g/mol. The summed E-state index contributed by atoms with van der Waals surface area (Å²) in [4.78, 5) is 13.5. The molecule has 0 radical (unpaired) electrons. The van der Waals surface area contributed by atoms with Crippen molar-refractivity contribution in [2.75, 3.05) is 13.1 Å². The predicted molar refractivity (Wildman–Crippen MR) is 73.9 cm³/mol. The van der Waals surface area contributed by atoms with Gasteiger partial charge in [-0.05, 0) is 17.7 Å². The first-order valence-electron chi connectivity index (χ1n) is 6.72. The van der Waals surface area contributed by atoms with Gasteiger partial charge in [-0.1, -0.05) is 12.1 Å². The first-order chi connectivity index (χ1) is 10.9. The van der Waals surface area contributed by atoms with Crippen molar-refractivity contribution in [2.24, 2.45) is 0 Å². The van der Waals surface area contributed by atoms with Crippen molar-refractivity contribution in [1.29, 1.82) is 10.5 Å². The van der Waals surface area contributed by atoms with E-state index < -0.39 is 6.36 Å². The van der Waals surface area contributed by atoms with Gasteiger partial charge in [0, 0.05) is 13.1 Å². The van der Waals surface area contributed by atoms with Crippen LogP contribution in [0.3, 0.4) is 0 Å². The monoisotopic (exact) mass is 325 g/mol. The van der Waals surface area contributed by atoms with Crippen LogP contribution in [0.2, 0.25) is 0 Å². The second-order valence-corrected chi connectivity index (χ2v) is 4.57. The molecule has 0 spiro atoms. The summed E-state index contributed by atoms with van der Waals surface area (Å²) in [6.07, 6.45) is -4.49. The Bertz CT molecular complexity index is 582. The molecule has 0 saturated heterocycles. The van der Waals surface area contributed by atoms with Gasteiger partial charge in [-0.3, -0.25) is 4.79 Å². The third-order valence-corrected chi connectivity index (χ3v) is 2.85. The lowest BCUT2D eigenvalue weighted by molar-refractivity contribution is -0.274. The van der Waals surface area contributed by atoms with E-state index in [4.69, 9.17) is 10.5 Å². The summed E-state index contributed by atoms with van der Waals surface area (Å²) in [5, 5.41) is 17.2. The maximum absolute atomic E-state index is 12.1. The van der Waals surface area contributed by atoms with Crippen LogP contribution >= 0.6 is 0 Å². The van der Waals surface area contributed by atoms with Crippen LogP contribution in [-0.2, 0) is 11.2 Å². The normalized spacial score (nSPS) is 10.5. The zero-order chi connectivity index (χ0) is 17.3. The van der Waals surface area contributed by atoms with E-state index in [0.717, 1.165) is 12.1 Å². The van der Waals surface area contributed by atoms with Crippen molar-refractivity contribution in [3.05, 3.63) is 29.8 Å². The van der Waals surface area contributed by atoms with Crippen LogP contribution in [0.15, 0.2) is 24.3 Å². The molecule has 0 aromatic heterocycles. The number of rotatable bonds is 7. The number of benzene rings is 1. The second-order valence-electron chi connectivity index (χ2n) is 4.57. The van der Waals surface area contributed by atoms with Crippen LogP contribution < -0.4 is 4.74 Å². The number of hydrogen-bond donors (Lipinski definition) is 0. The molecule has 0 bridgehead atoms. The lowest BCUT2D eigenvalue weighted by Crippen LogP contribution is -2.33. The molecule has 23 heavy (non-hydrogen) atoms. The number of nitriles is 2. The molecule has 0 saturated carbocycles. The number of nitrogens with zero attached hydrogens (tertiary/aromatic N) is 3. The predicted octanol–water partition coefficient (Wildman–Crippen LogP) is 2.78. The number of amides is 1. The van der Waals surface area contributed by atoms with E-state index in [-0.39, 0.29) is 44.0 Å². The molecule has 5 nitrogen and oxygen atoms in total. The highest BCUT2D eigenvalue weighted by atomic mass is 19.4. The molecule has 0 aliphatic heterocycles. The SMILES string of the molecule is N#CCCN(CCC#N)C(=O)Cc1ccc(OC(F)(F)F)cc1. The second kappa shape index (κ2) is 8.64. The highest BCUT2D eigenvalue weighted by Crippen LogP contribution is 2.22. The van der Waals surface area contributed by atoms with Crippen molar-refractivity contribution >= 4 is 5.91 Å². The minimum Gasteiger partial charge on any atom is -0.406 e. The molecule has 0 atom stereocenters. The van der Waals surface area contributed by atoms with Crippen LogP contribution in [0.1, 0.15) is 18.4 Å². The van der Waals surface area contributed by atoms with E-state index >= 15 is 0 Å². The van der Waals surface area contributed by atoms with Gasteiger partial charge in [0.15, 0.2) is 0 Å². The molecule has 0 unspecified atom stereocenters. The van der Waals surface area contributed by atoms with Gasteiger partial charge in [0.1, 0.15) is 5.75 Å². The van der Waals surface area contributed by atoms with E-state index in [2.05, 4.69) is 4.74 Å². The molecule has 0 heterocycles. The molecule has 1 aromatic carbocycles. The first kappa shape index (κ1) is 18.3. The molecule has 1 aromatic rings. The molecule has 0 aliphatic carbocycles. The smallest absolute Gasteiger partial charge is 0.406 e. The van der Waals surface area contributed by atoms with Gasteiger partial charge < -0.3 is 9.64 Å². The summed E-state index contributed by atoms with van der Waals surface area (Å²) in [5.74, 6) is -0.653. The Morgan fingerprint density at radius 2 is 1.61 bits per heavy atom. The molecule has 0 aliphatic rings. The Labute approximate surface area is 131 Å². The van der Waals surface area contributed by atoms with Gasteiger partial charge in [0.2, 0.25) is 5.91 Å². The van der Waals surface area contributed by atoms with E-state index in [0.29, 0.717) is 5.56 Å². The minimum atomic E-state index is -4.76. The van der Waals surface area contributed by atoms with Crippen molar-refractivity contribution in [3.63, 3.8) is 0 Å². The summed E-state index contributed by atoms with van der Waals surface area (Å²) in [6, 6.07) is 8.84. The van der Waals surface area contributed by atoms with Gasteiger partial charge in [0.05, 0.1) is 31.4 Å². The summed E-state index contributed by atoms with van der Waals surface area (Å²) >= 11 is 0. The lowest BCUT2D eigenvalue weighted by Gasteiger charge is -2.20. The molecule has 0 N–H and O–H groups in total. The maximum atomic E-state index is 12.1. The number of carbonyl (C=O) groups excluding carboxylic acids is 1. The zero-order valence-electron chi connectivity index (χ0n) is 12.1. The molecular formula is C15H14F3N3O2. The van der Waals surface area contributed by atoms with Crippen molar-refractivity contribution in [3.8, 4) is 17.9 Å². The summed E-state index contributed by atoms with van der Waals surface area (Å²) in [6.45, 7) is 0.429. The van der Waals surface area contributed by atoms with Gasteiger partial charge in [-0.15, -0.1) is 13.2 Å². The highest BCUT2D eigenvalue weighted by molar-refractivity contribution is 5.78. The Kier molecular flexibility index (Phi) is 6.88. The molecule has 122 valence electrons. The fourth-order valence-electron chi connectivity index (χ4n) is 1.83.